The van der Waals surface area contributed by atoms with Crippen LogP contribution in [0.2, 0.25) is 0 Å². The Kier molecular flexibility index (Phi) is 8.26. The van der Waals surface area contributed by atoms with Gasteiger partial charge >= 0.3 is 5.97 Å². The van der Waals surface area contributed by atoms with E-state index in [1.165, 1.54) is 32.1 Å². The van der Waals surface area contributed by atoms with Crippen LogP contribution in [0.25, 0.3) is 0 Å². The number of hydrogen-bond donors (Lipinski definition) is 2. The molecule has 0 amide bonds. The summed E-state index contributed by atoms with van der Waals surface area (Å²) < 4.78 is 20.4. The van der Waals surface area contributed by atoms with E-state index in [2.05, 4.69) is 34.6 Å². The Labute approximate surface area is 282 Å². The van der Waals surface area contributed by atoms with Gasteiger partial charge in [-0.2, -0.15) is 0 Å². The molecular weight excluding hydrogens is 596 g/mol. The molecule has 5 saturated carbocycles. The molecule has 2 N–H and O–H groups in total. The first kappa shape index (κ1) is 33.4. The van der Waals surface area contributed by atoms with Crippen LogP contribution in [0.5, 0.6) is 0 Å². The number of ether oxygens (including phenoxy) is 3. The Morgan fingerprint density at radius 1 is 0.872 bits per heavy atom. The molecule has 9 rings (SSSR count). The smallest absolute Gasteiger partial charge is 0.303 e. The first-order valence-corrected chi connectivity index (χ1v) is 19.5. The van der Waals surface area contributed by atoms with Crippen LogP contribution in [0.1, 0.15) is 131 Å². The van der Waals surface area contributed by atoms with Crippen LogP contribution in [0.3, 0.4) is 0 Å². The van der Waals surface area contributed by atoms with Gasteiger partial charge < -0.3 is 24.4 Å². The highest BCUT2D eigenvalue weighted by molar-refractivity contribution is 5.66. The van der Waals surface area contributed by atoms with Gasteiger partial charge in [0.25, 0.3) is 0 Å². The van der Waals surface area contributed by atoms with Crippen molar-refractivity contribution >= 4 is 5.97 Å². The average molecular weight is 659 g/mol. The van der Waals surface area contributed by atoms with Gasteiger partial charge in [0.1, 0.15) is 0 Å². The van der Waals surface area contributed by atoms with Crippen LogP contribution < -0.4 is 0 Å². The number of hydrogen-bond acceptors (Lipinski definition) is 7. The Morgan fingerprint density at radius 2 is 1.60 bits per heavy atom. The summed E-state index contributed by atoms with van der Waals surface area (Å²) in [7, 11) is 0. The number of carbonyl (C=O) groups is 1. The van der Waals surface area contributed by atoms with Crippen molar-refractivity contribution in [1.82, 2.24) is 0 Å². The lowest BCUT2D eigenvalue weighted by atomic mass is 9.43. The second-order valence-electron chi connectivity index (χ2n) is 18.7. The molecule has 5 aliphatic carbocycles. The molecule has 2 bridgehead atoms. The van der Waals surface area contributed by atoms with E-state index >= 15 is 0 Å². The minimum absolute atomic E-state index is 0.118. The van der Waals surface area contributed by atoms with Gasteiger partial charge in [0.05, 0.1) is 12.2 Å². The molecule has 4 aliphatic heterocycles. The number of carboxylic acid groups (broad SMARTS) is 1. The molecule has 0 aromatic heterocycles. The topological polar surface area (TPSA) is 104 Å². The first-order valence-electron chi connectivity index (χ1n) is 19.5. The zero-order valence-electron chi connectivity index (χ0n) is 29.8. The minimum atomic E-state index is -0.782. The minimum Gasteiger partial charge on any atom is -0.481 e. The maximum absolute atomic E-state index is 11.9. The summed E-state index contributed by atoms with van der Waals surface area (Å²) in [6, 6.07) is 0. The van der Waals surface area contributed by atoms with Crippen LogP contribution in [0.4, 0.5) is 0 Å². The van der Waals surface area contributed by atoms with Gasteiger partial charge in [-0.3, -0.25) is 4.79 Å². The lowest BCUT2D eigenvalue weighted by Crippen LogP contribution is -2.70. The molecule has 0 aromatic carbocycles. The molecule has 8 heteroatoms. The lowest BCUT2D eigenvalue weighted by molar-refractivity contribution is -0.578. The maximum atomic E-state index is 11.9. The Balaban J connectivity index is 0.961. The van der Waals surface area contributed by atoms with E-state index in [0.29, 0.717) is 47.3 Å². The Hall–Kier alpha value is -0.770. The molecule has 0 radical (unpaired) electrons. The van der Waals surface area contributed by atoms with Crippen molar-refractivity contribution in [3.8, 4) is 0 Å². The number of aliphatic hydroxyl groups excluding tert-OH is 1. The van der Waals surface area contributed by atoms with Crippen LogP contribution in [-0.4, -0.2) is 52.4 Å². The highest BCUT2D eigenvalue weighted by Crippen LogP contribution is 2.69. The van der Waals surface area contributed by atoms with Crippen LogP contribution in [-0.2, 0) is 28.8 Å². The molecule has 1 spiro atoms. The zero-order valence-corrected chi connectivity index (χ0v) is 29.8. The normalized spacial score (nSPS) is 57.2. The largest absolute Gasteiger partial charge is 0.481 e. The van der Waals surface area contributed by atoms with Crippen molar-refractivity contribution in [3.05, 3.63) is 0 Å². The molecule has 4 heterocycles. The van der Waals surface area contributed by atoms with E-state index in [0.717, 1.165) is 51.4 Å². The SMILES string of the molecule is C[C@H]1C(O[C@@H]2CC[C@@]3(C)C(C2)C[C@@H](O)C2C3CC[C@@]3(C)C2CC[C@@H]3[C@H](C)CCC(=O)O)OC2O[C@]3(C)CCC4[C@H](C)CCC1C24OO3. The van der Waals surface area contributed by atoms with Crippen LogP contribution >= 0.6 is 0 Å². The Morgan fingerprint density at radius 3 is 2.38 bits per heavy atom. The number of carboxylic acids is 1. The monoisotopic (exact) mass is 658 g/mol. The molecule has 9 fully saturated rings. The number of fused-ring (bicyclic) bond motifs is 7. The number of rotatable bonds is 6. The maximum Gasteiger partial charge on any atom is 0.303 e. The number of aliphatic hydroxyl groups is 1. The highest BCUT2D eigenvalue weighted by Gasteiger charge is 2.70. The lowest BCUT2D eigenvalue weighted by Gasteiger charge is -2.63. The predicted molar refractivity (Wildman–Crippen MR) is 174 cm³/mol. The van der Waals surface area contributed by atoms with Crippen LogP contribution in [0, 0.1) is 70.0 Å². The molecule has 0 aromatic rings. The van der Waals surface area contributed by atoms with E-state index in [4.69, 9.17) is 24.0 Å². The summed E-state index contributed by atoms with van der Waals surface area (Å²) in [5.41, 5.74) is -0.142. The highest BCUT2D eigenvalue weighted by atomic mass is 17.3. The third kappa shape index (κ3) is 4.98. The molecule has 9 aliphatic rings. The van der Waals surface area contributed by atoms with Gasteiger partial charge in [0.15, 0.2) is 18.2 Å². The quantitative estimate of drug-likeness (QED) is 0.221. The molecule has 47 heavy (non-hydrogen) atoms. The van der Waals surface area contributed by atoms with Gasteiger partial charge in [-0.1, -0.05) is 34.6 Å². The van der Waals surface area contributed by atoms with Crippen molar-refractivity contribution in [2.24, 2.45) is 70.0 Å². The fourth-order valence-electron chi connectivity index (χ4n) is 14.1. The zero-order chi connectivity index (χ0) is 33.1. The third-order valence-corrected chi connectivity index (χ3v) is 16.6. The van der Waals surface area contributed by atoms with Gasteiger partial charge in [0, 0.05) is 24.7 Å². The van der Waals surface area contributed by atoms with Gasteiger partial charge in [-0.15, -0.1) is 0 Å². The van der Waals surface area contributed by atoms with Crippen molar-refractivity contribution in [3.63, 3.8) is 0 Å². The summed E-state index contributed by atoms with van der Waals surface area (Å²) in [6.45, 7) is 13.9. The molecule has 18 atom stereocenters. The molecular formula is C39H62O8. The summed E-state index contributed by atoms with van der Waals surface area (Å²) in [5.74, 6) is 2.72. The van der Waals surface area contributed by atoms with E-state index < -0.39 is 23.6 Å². The molecule has 266 valence electrons. The van der Waals surface area contributed by atoms with Gasteiger partial charge in [-0.25, -0.2) is 9.78 Å². The standard InChI is InChI=1S/C39H62O8/c1-21(8-12-32(41)42)26-10-11-29-33-30(14-17-37(26,29)5)36(4)16-13-25(19-24(36)20-31(33)40)43-34-23(3)28-9-7-22(2)27-15-18-38(6)45-35(44-34)39(27,28)47-46-38/h21-31,33-35,40H,7-20H2,1-6H3,(H,41,42)/t21-,22-,23-,24?,25-,26-,27?,28?,29?,30?,31-,33?,34?,35?,36+,37-,38+,39?/m1/s1. The first-order chi connectivity index (χ1) is 22.3. The van der Waals surface area contributed by atoms with Crippen molar-refractivity contribution in [2.75, 3.05) is 0 Å². The van der Waals surface area contributed by atoms with E-state index in [1.807, 2.05) is 6.92 Å². The van der Waals surface area contributed by atoms with E-state index in [9.17, 15) is 15.0 Å². The van der Waals surface area contributed by atoms with E-state index in [-0.39, 0.29) is 47.6 Å². The molecule has 8 nitrogen and oxygen atoms in total. The van der Waals surface area contributed by atoms with Gasteiger partial charge in [-0.05, 0) is 142 Å². The van der Waals surface area contributed by atoms with Crippen molar-refractivity contribution in [2.45, 2.75) is 168 Å². The second kappa shape index (κ2) is 11.6. The summed E-state index contributed by atoms with van der Waals surface area (Å²) >= 11 is 0. The van der Waals surface area contributed by atoms with Crippen molar-refractivity contribution < 1.29 is 39.0 Å². The fourth-order valence-corrected chi connectivity index (χ4v) is 14.1. The van der Waals surface area contributed by atoms with Crippen molar-refractivity contribution in [1.29, 1.82) is 0 Å². The average Bonchev–Trinajstić information content (AvgIpc) is 3.22. The summed E-state index contributed by atoms with van der Waals surface area (Å²) in [5, 5.41) is 21.3. The fraction of sp³-hybridized carbons (Fsp3) is 0.974. The Bertz CT molecular complexity index is 1210. The second-order valence-corrected chi connectivity index (χ2v) is 18.7. The predicted octanol–water partition coefficient (Wildman–Crippen LogP) is 7.71. The molecule has 9 unspecified atom stereocenters. The summed E-state index contributed by atoms with van der Waals surface area (Å²) in [6.07, 6.45) is 12.9. The van der Waals surface area contributed by atoms with E-state index in [1.54, 1.807) is 0 Å². The third-order valence-electron chi connectivity index (χ3n) is 16.6. The van der Waals surface area contributed by atoms with Crippen LogP contribution in [0.15, 0.2) is 0 Å². The van der Waals surface area contributed by atoms with Gasteiger partial charge in [0.2, 0.25) is 5.79 Å². The number of aliphatic carboxylic acids is 1. The summed E-state index contributed by atoms with van der Waals surface area (Å²) in [4.78, 5) is 23.7. The molecule has 4 saturated heterocycles.